The average molecular weight is 317 g/mol. The first kappa shape index (κ1) is 16.1. The van der Waals surface area contributed by atoms with E-state index in [-0.39, 0.29) is 6.04 Å². The maximum atomic E-state index is 6.25. The van der Waals surface area contributed by atoms with Crippen LogP contribution in [0, 0.1) is 0 Å². The zero-order chi connectivity index (χ0) is 14.7. The van der Waals surface area contributed by atoms with E-state index >= 15 is 0 Å². The molecule has 3 nitrogen and oxygen atoms in total. The highest BCUT2D eigenvalue weighted by molar-refractivity contribution is 6.42. The van der Waals surface area contributed by atoms with Crippen LogP contribution in [-0.2, 0) is 4.74 Å². The quantitative estimate of drug-likeness (QED) is 0.903. The Morgan fingerprint density at radius 2 is 2.20 bits per heavy atom. The van der Waals surface area contributed by atoms with Gasteiger partial charge in [0.15, 0.2) is 0 Å². The number of benzene rings is 1. The first-order chi connectivity index (χ1) is 9.50. The van der Waals surface area contributed by atoms with Crippen LogP contribution in [0.5, 0.6) is 0 Å². The van der Waals surface area contributed by atoms with E-state index in [1.165, 1.54) is 0 Å². The van der Waals surface area contributed by atoms with Crippen molar-refractivity contribution in [1.82, 2.24) is 4.90 Å². The number of ether oxygens (including phenoxy) is 1. The minimum absolute atomic E-state index is 0.0960. The Bertz CT molecular complexity index is 455. The standard InChI is InChI=1S/C15H22Cl2N2O/c1-10-14(7-9-20-10)19(2)8-6-13(18)11-4-3-5-12(16)15(11)17/h3-5,10,13-14H,6-9,18H2,1-2H3. The molecule has 0 bridgehead atoms. The van der Waals surface area contributed by atoms with Gasteiger partial charge < -0.3 is 15.4 Å². The highest BCUT2D eigenvalue weighted by atomic mass is 35.5. The topological polar surface area (TPSA) is 38.5 Å². The summed E-state index contributed by atoms with van der Waals surface area (Å²) in [5.41, 5.74) is 7.17. The van der Waals surface area contributed by atoms with Gasteiger partial charge in [-0.1, -0.05) is 35.3 Å². The summed E-state index contributed by atoms with van der Waals surface area (Å²) in [6.07, 6.45) is 2.23. The van der Waals surface area contributed by atoms with Crippen LogP contribution in [0.1, 0.15) is 31.4 Å². The van der Waals surface area contributed by atoms with Crippen molar-refractivity contribution >= 4 is 23.2 Å². The molecule has 0 aliphatic carbocycles. The second-order valence-electron chi connectivity index (χ2n) is 5.45. The molecule has 1 aliphatic heterocycles. The maximum Gasteiger partial charge on any atom is 0.0702 e. The molecule has 3 unspecified atom stereocenters. The predicted molar refractivity (Wildman–Crippen MR) is 84.5 cm³/mol. The van der Waals surface area contributed by atoms with Crippen LogP contribution < -0.4 is 5.73 Å². The third kappa shape index (κ3) is 3.66. The van der Waals surface area contributed by atoms with E-state index in [0.29, 0.717) is 22.2 Å². The van der Waals surface area contributed by atoms with Crippen molar-refractivity contribution in [3.8, 4) is 0 Å². The SMILES string of the molecule is CC1OCCC1N(C)CCC(N)c1cccc(Cl)c1Cl. The van der Waals surface area contributed by atoms with Crippen molar-refractivity contribution in [2.45, 2.75) is 38.0 Å². The number of hydrogen-bond donors (Lipinski definition) is 1. The second kappa shape index (κ2) is 7.10. The zero-order valence-electron chi connectivity index (χ0n) is 12.0. The first-order valence-corrected chi connectivity index (χ1v) is 7.77. The number of likely N-dealkylation sites (N-methyl/N-ethyl adjacent to an activating group) is 1. The van der Waals surface area contributed by atoms with Gasteiger partial charge in [0, 0.05) is 25.2 Å². The number of nitrogens with zero attached hydrogens (tertiary/aromatic N) is 1. The van der Waals surface area contributed by atoms with Crippen molar-refractivity contribution in [3.63, 3.8) is 0 Å². The molecule has 1 aromatic carbocycles. The summed E-state index contributed by atoms with van der Waals surface area (Å²) >= 11 is 12.2. The molecule has 0 aromatic heterocycles. The van der Waals surface area contributed by atoms with E-state index in [1.54, 1.807) is 6.07 Å². The van der Waals surface area contributed by atoms with E-state index < -0.39 is 0 Å². The molecule has 2 N–H and O–H groups in total. The van der Waals surface area contributed by atoms with Crippen molar-refractivity contribution in [1.29, 1.82) is 0 Å². The lowest BCUT2D eigenvalue weighted by Crippen LogP contribution is -2.38. The molecule has 0 spiro atoms. The van der Waals surface area contributed by atoms with Gasteiger partial charge in [0.2, 0.25) is 0 Å². The van der Waals surface area contributed by atoms with Gasteiger partial charge in [0.25, 0.3) is 0 Å². The van der Waals surface area contributed by atoms with E-state index in [4.69, 9.17) is 33.7 Å². The summed E-state index contributed by atoms with van der Waals surface area (Å²) in [6, 6.07) is 6.00. The summed E-state index contributed by atoms with van der Waals surface area (Å²) < 4.78 is 5.60. The molecule has 1 aliphatic rings. The van der Waals surface area contributed by atoms with Crippen molar-refractivity contribution < 1.29 is 4.74 Å². The highest BCUT2D eigenvalue weighted by Gasteiger charge is 2.27. The molecule has 0 amide bonds. The summed E-state index contributed by atoms with van der Waals surface area (Å²) in [5, 5.41) is 1.13. The Morgan fingerprint density at radius 1 is 1.45 bits per heavy atom. The van der Waals surface area contributed by atoms with Crippen LogP contribution in [-0.4, -0.2) is 37.2 Å². The van der Waals surface area contributed by atoms with Crippen LogP contribution in [0.15, 0.2) is 18.2 Å². The fourth-order valence-corrected chi connectivity index (χ4v) is 3.22. The van der Waals surface area contributed by atoms with E-state index in [2.05, 4.69) is 18.9 Å². The van der Waals surface area contributed by atoms with E-state index in [0.717, 1.165) is 31.6 Å². The Hall–Kier alpha value is -0.320. The molecular formula is C15H22Cl2N2O. The molecule has 1 saturated heterocycles. The van der Waals surface area contributed by atoms with Crippen LogP contribution in [0.4, 0.5) is 0 Å². The minimum atomic E-state index is -0.0960. The largest absolute Gasteiger partial charge is 0.377 e. The highest BCUT2D eigenvalue weighted by Crippen LogP contribution is 2.30. The van der Waals surface area contributed by atoms with Crippen molar-refractivity contribution in [2.75, 3.05) is 20.2 Å². The molecule has 0 saturated carbocycles. The van der Waals surface area contributed by atoms with Crippen molar-refractivity contribution in [3.05, 3.63) is 33.8 Å². The van der Waals surface area contributed by atoms with Crippen LogP contribution in [0.2, 0.25) is 10.0 Å². The Kier molecular flexibility index (Phi) is 5.70. The van der Waals surface area contributed by atoms with Crippen LogP contribution in [0.3, 0.4) is 0 Å². The third-order valence-corrected chi connectivity index (χ3v) is 4.91. The molecule has 20 heavy (non-hydrogen) atoms. The summed E-state index contributed by atoms with van der Waals surface area (Å²) in [5.74, 6) is 0. The normalized spacial score (nSPS) is 24.3. The molecular weight excluding hydrogens is 295 g/mol. The van der Waals surface area contributed by atoms with E-state index in [9.17, 15) is 0 Å². The Balaban J connectivity index is 1.91. The summed E-state index contributed by atoms with van der Waals surface area (Å²) in [7, 11) is 2.13. The molecule has 5 heteroatoms. The average Bonchev–Trinajstić information content (AvgIpc) is 2.85. The Morgan fingerprint density at radius 3 is 2.85 bits per heavy atom. The monoisotopic (exact) mass is 316 g/mol. The smallest absolute Gasteiger partial charge is 0.0702 e. The molecule has 1 fully saturated rings. The second-order valence-corrected chi connectivity index (χ2v) is 6.24. The molecule has 112 valence electrons. The molecule has 1 aromatic rings. The lowest BCUT2D eigenvalue weighted by atomic mass is 10.0. The third-order valence-electron chi connectivity index (χ3n) is 4.08. The van der Waals surface area contributed by atoms with Gasteiger partial charge in [-0.2, -0.15) is 0 Å². The fourth-order valence-electron chi connectivity index (χ4n) is 2.77. The first-order valence-electron chi connectivity index (χ1n) is 7.02. The van der Waals surface area contributed by atoms with Gasteiger partial charge in [-0.05, 0) is 38.4 Å². The number of rotatable bonds is 5. The van der Waals surface area contributed by atoms with Gasteiger partial charge in [-0.25, -0.2) is 0 Å². The van der Waals surface area contributed by atoms with Gasteiger partial charge in [0.1, 0.15) is 0 Å². The fraction of sp³-hybridized carbons (Fsp3) is 0.600. The van der Waals surface area contributed by atoms with Gasteiger partial charge in [-0.3, -0.25) is 0 Å². The van der Waals surface area contributed by atoms with Crippen LogP contribution >= 0.6 is 23.2 Å². The van der Waals surface area contributed by atoms with Crippen molar-refractivity contribution in [2.24, 2.45) is 5.73 Å². The number of hydrogen-bond acceptors (Lipinski definition) is 3. The molecule has 1 heterocycles. The molecule has 3 atom stereocenters. The van der Waals surface area contributed by atoms with Gasteiger partial charge in [-0.15, -0.1) is 0 Å². The molecule has 0 radical (unpaired) electrons. The van der Waals surface area contributed by atoms with Crippen LogP contribution in [0.25, 0.3) is 0 Å². The van der Waals surface area contributed by atoms with Gasteiger partial charge >= 0.3 is 0 Å². The minimum Gasteiger partial charge on any atom is -0.377 e. The number of nitrogens with two attached hydrogens (primary N) is 1. The molecule has 2 rings (SSSR count). The lowest BCUT2D eigenvalue weighted by molar-refractivity contribution is 0.0827. The zero-order valence-corrected chi connectivity index (χ0v) is 13.5. The number of halogens is 2. The maximum absolute atomic E-state index is 6.25. The summed E-state index contributed by atoms with van der Waals surface area (Å²) in [4.78, 5) is 2.33. The Labute approximate surface area is 131 Å². The lowest BCUT2D eigenvalue weighted by Gasteiger charge is -2.27. The van der Waals surface area contributed by atoms with Gasteiger partial charge in [0.05, 0.1) is 16.1 Å². The predicted octanol–water partition coefficient (Wildman–Crippen LogP) is 3.49. The summed E-state index contributed by atoms with van der Waals surface area (Å²) in [6.45, 7) is 3.90. The van der Waals surface area contributed by atoms with E-state index in [1.807, 2.05) is 12.1 Å².